The second-order valence-electron chi connectivity index (χ2n) is 6.18. The molecule has 1 N–H and O–H groups in total. The number of carbonyl (C=O) groups is 1. The fourth-order valence-corrected chi connectivity index (χ4v) is 3.20. The summed E-state index contributed by atoms with van der Waals surface area (Å²) >= 11 is 0. The van der Waals surface area contributed by atoms with Gasteiger partial charge in [-0.15, -0.1) is 0 Å². The number of hydrogen-bond acceptors (Lipinski definition) is 5. The number of alkyl halides is 3. The van der Waals surface area contributed by atoms with Crippen LogP contribution in [0.3, 0.4) is 0 Å². The standard InChI is InChI=1S/C15H17F3N4O3/c16-15(17,18)9-20-3-5-21(6-4-20)12-7-10-1-2-14(23)19-11(10)8-13(12)22(24)25/h7-8H,1-6,9H2,(H,19,23). The van der Waals surface area contributed by atoms with Crippen LogP contribution in [0.1, 0.15) is 12.0 Å². The van der Waals surface area contributed by atoms with Crippen LogP contribution in [0.5, 0.6) is 0 Å². The zero-order valence-electron chi connectivity index (χ0n) is 13.3. The summed E-state index contributed by atoms with van der Waals surface area (Å²) in [6.07, 6.45) is -3.46. The van der Waals surface area contributed by atoms with Crippen molar-refractivity contribution in [1.29, 1.82) is 0 Å². The molecule has 3 rings (SSSR count). The molecular formula is C15H17F3N4O3. The molecule has 136 valence electrons. The number of amides is 1. The first-order chi connectivity index (χ1) is 11.7. The lowest BCUT2D eigenvalue weighted by Crippen LogP contribution is -2.49. The van der Waals surface area contributed by atoms with Crippen LogP contribution in [0.2, 0.25) is 0 Å². The summed E-state index contributed by atoms with van der Waals surface area (Å²) in [4.78, 5) is 25.3. The normalized spacial score (nSPS) is 18.7. The van der Waals surface area contributed by atoms with Gasteiger partial charge in [-0.05, 0) is 18.1 Å². The van der Waals surface area contributed by atoms with E-state index in [1.807, 2.05) is 0 Å². The van der Waals surface area contributed by atoms with Crippen molar-refractivity contribution in [2.24, 2.45) is 0 Å². The van der Waals surface area contributed by atoms with Crippen molar-refractivity contribution < 1.29 is 22.9 Å². The summed E-state index contributed by atoms with van der Waals surface area (Å²) in [6, 6.07) is 3.01. The number of carbonyl (C=O) groups excluding carboxylic acids is 1. The third-order valence-electron chi connectivity index (χ3n) is 4.41. The summed E-state index contributed by atoms with van der Waals surface area (Å²) in [6.45, 7) is -0.0434. The topological polar surface area (TPSA) is 78.7 Å². The van der Waals surface area contributed by atoms with Gasteiger partial charge in [0.2, 0.25) is 5.91 Å². The van der Waals surface area contributed by atoms with Gasteiger partial charge in [0.05, 0.1) is 17.2 Å². The summed E-state index contributed by atoms with van der Waals surface area (Å²) in [5.74, 6) is -0.185. The van der Waals surface area contributed by atoms with Gasteiger partial charge in [-0.2, -0.15) is 13.2 Å². The highest BCUT2D eigenvalue weighted by molar-refractivity contribution is 5.95. The van der Waals surface area contributed by atoms with Crippen molar-refractivity contribution in [3.63, 3.8) is 0 Å². The fraction of sp³-hybridized carbons (Fsp3) is 0.533. The van der Waals surface area contributed by atoms with Gasteiger partial charge >= 0.3 is 6.18 Å². The van der Waals surface area contributed by atoms with Gasteiger partial charge in [-0.3, -0.25) is 19.8 Å². The van der Waals surface area contributed by atoms with Crippen LogP contribution in [0, 0.1) is 10.1 Å². The van der Waals surface area contributed by atoms with E-state index in [4.69, 9.17) is 0 Å². The number of rotatable bonds is 3. The number of nitrogens with one attached hydrogen (secondary N) is 1. The Morgan fingerprint density at radius 3 is 2.44 bits per heavy atom. The Balaban J connectivity index is 1.80. The highest BCUT2D eigenvalue weighted by Gasteiger charge is 2.33. The molecule has 1 amide bonds. The monoisotopic (exact) mass is 358 g/mol. The number of fused-ring (bicyclic) bond motifs is 1. The van der Waals surface area contributed by atoms with E-state index in [1.54, 1.807) is 11.0 Å². The molecule has 0 unspecified atom stereocenters. The summed E-state index contributed by atoms with van der Waals surface area (Å²) < 4.78 is 37.4. The third kappa shape index (κ3) is 4.01. The second kappa shape index (κ2) is 6.51. The second-order valence-corrected chi connectivity index (χ2v) is 6.18. The summed E-state index contributed by atoms with van der Waals surface area (Å²) in [5.41, 5.74) is 1.48. The molecule has 25 heavy (non-hydrogen) atoms. The average molecular weight is 358 g/mol. The van der Waals surface area contributed by atoms with E-state index in [1.165, 1.54) is 11.0 Å². The van der Waals surface area contributed by atoms with Gasteiger partial charge in [-0.25, -0.2) is 0 Å². The molecule has 0 atom stereocenters. The molecule has 1 saturated heterocycles. The quantitative estimate of drug-likeness (QED) is 0.662. The SMILES string of the molecule is O=C1CCc2cc(N3CCN(CC(F)(F)F)CC3)c([N+](=O)[O-])cc2N1. The first-order valence-corrected chi connectivity index (χ1v) is 7.88. The highest BCUT2D eigenvalue weighted by Crippen LogP contribution is 2.36. The molecule has 1 fully saturated rings. The van der Waals surface area contributed by atoms with Crippen molar-refractivity contribution in [3.8, 4) is 0 Å². The Morgan fingerprint density at radius 1 is 1.16 bits per heavy atom. The molecule has 0 aliphatic carbocycles. The first-order valence-electron chi connectivity index (χ1n) is 7.88. The van der Waals surface area contributed by atoms with Gasteiger partial charge in [0.1, 0.15) is 5.69 Å². The Kier molecular flexibility index (Phi) is 4.55. The number of anilines is 2. The minimum Gasteiger partial charge on any atom is -0.363 e. The zero-order chi connectivity index (χ0) is 18.2. The third-order valence-corrected chi connectivity index (χ3v) is 4.41. The fourth-order valence-electron chi connectivity index (χ4n) is 3.20. The number of aryl methyl sites for hydroxylation is 1. The van der Waals surface area contributed by atoms with E-state index < -0.39 is 17.6 Å². The lowest BCUT2D eigenvalue weighted by molar-refractivity contribution is -0.384. The Labute approximate surface area is 141 Å². The molecule has 0 saturated carbocycles. The van der Waals surface area contributed by atoms with Crippen LogP contribution in [0.25, 0.3) is 0 Å². The summed E-state index contributed by atoms with van der Waals surface area (Å²) in [5, 5.41) is 14.0. The summed E-state index contributed by atoms with van der Waals surface area (Å²) in [7, 11) is 0. The molecule has 0 radical (unpaired) electrons. The van der Waals surface area contributed by atoms with Crippen molar-refractivity contribution in [2.45, 2.75) is 19.0 Å². The van der Waals surface area contributed by atoms with Crippen molar-refractivity contribution in [3.05, 3.63) is 27.8 Å². The number of benzene rings is 1. The molecule has 1 aromatic carbocycles. The lowest BCUT2D eigenvalue weighted by atomic mass is 10.0. The maximum atomic E-state index is 12.5. The van der Waals surface area contributed by atoms with Crippen LogP contribution < -0.4 is 10.2 Å². The van der Waals surface area contributed by atoms with E-state index in [-0.39, 0.29) is 37.8 Å². The Hall–Kier alpha value is -2.36. The van der Waals surface area contributed by atoms with Gasteiger partial charge in [-0.1, -0.05) is 0 Å². The molecular weight excluding hydrogens is 341 g/mol. The highest BCUT2D eigenvalue weighted by atomic mass is 19.4. The maximum absolute atomic E-state index is 12.5. The minimum absolute atomic E-state index is 0.148. The number of nitrogens with zero attached hydrogens (tertiary/aromatic N) is 3. The molecule has 10 heteroatoms. The van der Waals surface area contributed by atoms with E-state index in [2.05, 4.69) is 5.32 Å². The number of piperazine rings is 1. The number of nitro groups is 1. The van der Waals surface area contributed by atoms with Crippen LogP contribution in [-0.2, 0) is 11.2 Å². The van der Waals surface area contributed by atoms with Crippen molar-refractivity contribution in [1.82, 2.24) is 4.90 Å². The average Bonchev–Trinajstić information content (AvgIpc) is 2.53. The molecule has 2 aliphatic heterocycles. The minimum atomic E-state index is -4.25. The zero-order valence-corrected chi connectivity index (χ0v) is 13.3. The first kappa shape index (κ1) is 17.5. The van der Waals surface area contributed by atoms with Gasteiger partial charge in [0, 0.05) is 38.7 Å². The lowest BCUT2D eigenvalue weighted by Gasteiger charge is -2.36. The Bertz CT molecular complexity index is 700. The predicted octanol–water partition coefficient (Wildman–Crippen LogP) is 2.16. The van der Waals surface area contributed by atoms with Crippen LogP contribution in [0.4, 0.5) is 30.2 Å². The smallest absolute Gasteiger partial charge is 0.363 e. The predicted molar refractivity (Wildman–Crippen MR) is 84.8 cm³/mol. The van der Waals surface area contributed by atoms with E-state index in [0.29, 0.717) is 24.2 Å². The maximum Gasteiger partial charge on any atom is 0.401 e. The molecule has 0 aromatic heterocycles. The molecule has 1 aromatic rings. The largest absolute Gasteiger partial charge is 0.401 e. The molecule has 0 bridgehead atoms. The molecule has 0 spiro atoms. The molecule has 7 nitrogen and oxygen atoms in total. The van der Waals surface area contributed by atoms with Crippen LogP contribution in [0.15, 0.2) is 12.1 Å². The van der Waals surface area contributed by atoms with Gasteiger partial charge in [0.25, 0.3) is 5.69 Å². The molecule has 2 aliphatic rings. The number of nitro benzene ring substituents is 1. The van der Waals surface area contributed by atoms with Crippen LogP contribution in [-0.4, -0.2) is 54.6 Å². The van der Waals surface area contributed by atoms with E-state index in [0.717, 1.165) is 5.56 Å². The van der Waals surface area contributed by atoms with Crippen molar-refractivity contribution >= 4 is 23.0 Å². The Morgan fingerprint density at radius 2 is 1.84 bits per heavy atom. The van der Waals surface area contributed by atoms with Gasteiger partial charge in [0.15, 0.2) is 0 Å². The van der Waals surface area contributed by atoms with Gasteiger partial charge < -0.3 is 10.2 Å². The number of halogens is 3. The van der Waals surface area contributed by atoms with E-state index >= 15 is 0 Å². The van der Waals surface area contributed by atoms with E-state index in [9.17, 15) is 28.1 Å². The molecule has 2 heterocycles. The number of hydrogen-bond donors (Lipinski definition) is 1. The van der Waals surface area contributed by atoms with Crippen LogP contribution >= 0.6 is 0 Å². The van der Waals surface area contributed by atoms with Crippen molar-refractivity contribution in [2.75, 3.05) is 42.9 Å².